The van der Waals surface area contributed by atoms with E-state index >= 15 is 0 Å². The van der Waals surface area contributed by atoms with E-state index in [0.29, 0.717) is 17.8 Å². The molecule has 3 aromatic rings. The fourth-order valence-electron chi connectivity index (χ4n) is 6.10. The van der Waals surface area contributed by atoms with E-state index in [-0.39, 0.29) is 23.5 Å². The minimum Gasteiger partial charge on any atom is -0.314 e. The predicted molar refractivity (Wildman–Crippen MR) is 149 cm³/mol. The van der Waals surface area contributed by atoms with Crippen molar-refractivity contribution in [3.8, 4) is 0 Å². The number of amides is 1. The third-order valence-corrected chi connectivity index (χ3v) is 8.11. The first-order valence-corrected chi connectivity index (χ1v) is 13.7. The summed E-state index contributed by atoms with van der Waals surface area (Å²) in [4.78, 5) is 31.2. The van der Waals surface area contributed by atoms with Crippen molar-refractivity contribution in [2.75, 3.05) is 31.2 Å². The lowest BCUT2D eigenvalue weighted by Crippen LogP contribution is -2.66. The van der Waals surface area contributed by atoms with Gasteiger partial charge in [0.25, 0.3) is 5.91 Å². The topological polar surface area (TPSA) is 48.8 Å². The van der Waals surface area contributed by atoms with Crippen LogP contribution in [0.5, 0.6) is 0 Å². The van der Waals surface area contributed by atoms with Crippen molar-refractivity contribution >= 4 is 5.91 Å². The Morgan fingerprint density at radius 1 is 0.865 bits per heavy atom. The summed E-state index contributed by atoms with van der Waals surface area (Å²) >= 11 is 0. The Kier molecular flexibility index (Phi) is 7.20. The molecular formula is C31H38N4O2. The number of likely N-dealkylation sites (N-methyl/N-ethyl adjacent to an activating group) is 1. The Morgan fingerprint density at radius 3 is 2.03 bits per heavy atom. The summed E-state index contributed by atoms with van der Waals surface area (Å²) in [5.41, 5.74) is 6.10. The van der Waals surface area contributed by atoms with Crippen LogP contribution in [0.15, 0.2) is 65.6 Å². The first kappa shape index (κ1) is 25.3. The quantitative estimate of drug-likeness (QED) is 0.481. The highest BCUT2D eigenvalue weighted by Crippen LogP contribution is 2.39. The lowest BCUT2D eigenvalue weighted by molar-refractivity contribution is 0.0485. The van der Waals surface area contributed by atoms with Gasteiger partial charge in [0.2, 0.25) is 0 Å². The second kappa shape index (κ2) is 10.5. The number of hydrogen-bond donors (Lipinski definition) is 0. The van der Waals surface area contributed by atoms with E-state index in [1.54, 1.807) is 13.0 Å². The highest BCUT2D eigenvalue weighted by atomic mass is 16.2. The molecule has 0 N–H and O–H groups in total. The van der Waals surface area contributed by atoms with Crippen LogP contribution in [0, 0.1) is 6.92 Å². The molecule has 0 fully saturated rings. The molecule has 37 heavy (non-hydrogen) atoms. The number of pyridine rings is 1. The van der Waals surface area contributed by atoms with E-state index < -0.39 is 0 Å². The zero-order valence-corrected chi connectivity index (χ0v) is 22.5. The first-order chi connectivity index (χ1) is 18.0. The maximum absolute atomic E-state index is 14.1. The van der Waals surface area contributed by atoms with Gasteiger partial charge in [-0.3, -0.25) is 24.2 Å². The van der Waals surface area contributed by atoms with Gasteiger partial charge in [-0.1, -0.05) is 69.3 Å². The number of carbonyl (C=O) groups is 1. The smallest absolute Gasteiger partial charge is 0.274 e. The summed E-state index contributed by atoms with van der Waals surface area (Å²) < 4.78 is 2.00. The third kappa shape index (κ3) is 4.37. The van der Waals surface area contributed by atoms with Crippen LogP contribution in [0.2, 0.25) is 0 Å². The normalized spacial score (nSPS) is 17.4. The number of carbonyl (C=O) groups excluding carboxylic acids is 1. The fraction of sp³-hybridized carbons (Fsp3) is 0.419. The van der Waals surface area contributed by atoms with Crippen molar-refractivity contribution in [1.29, 1.82) is 0 Å². The molecule has 0 saturated carbocycles. The van der Waals surface area contributed by atoms with Crippen LogP contribution in [-0.2, 0) is 12.8 Å². The molecule has 1 amide bonds. The highest BCUT2D eigenvalue weighted by molar-refractivity contribution is 5.95. The summed E-state index contributed by atoms with van der Waals surface area (Å²) in [6.45, 7) is 11.4. The molecule has 1 aromatic heterocycles. The van der Waals surface area contributed by atoms with Gasteiger partial charge in [0, 0.05) is 30.9 Å². The number of benzene rings is 2. The number of rotatable bonds is 7. The first-order valence-electron chi connectivity index (χ1n) is 13.7. The van der Waals surface area contributed by atoms with Crippen molar-refractivity contribution in [1.82, 2.24) is 14.5 Å². The van der Waals surface area contributed by atoms with Gasteiger partial charge >= 0.3 is 0 Å². The van der Waals surface area contributed by atoms with Crippen molar-refractivity contribution < 1.29 is 4.79 Å². The number of nitrogens with zero attached hydrogens (tertiary/aromatic N) is 4. The molecular weight excluding hydrogens is 460 g/mol. The zero-order chi connectivity index (χ0) is 26.1. The van der Waals surface area contributed by atoms with Crippen LogP contribution in [0.4, 0.5) is 0 Å². The SMILES string of the molecule is CCCN1C(=O)c2c(C)c(=O)ccn2N(C2c3ccccc3CCc3ccccc32)C1CN(CC)CC. The van der Waals surface area contributed by atoms with E-state index in [1.165, 1.54) is 22.3 Å². The van der Waals surface area contributed by atoms with Crippen molar-refractivity contribution in [2.24, 2.45) is 0 Å². The molecule has 0 bridgehead atoms. The number of fused-ring (bicyclic) bond motifs is 3. The maximum atomic E-state index is 14.1. The molecule has 6 nitrogen and oxygen atoms in total. The second-order valence-corrected chi connectivity index (χ2v) is 10.1. The van der Waals surface area contributed by atoms with E-state index in [4.69, 9.17) is 0 Å². The minimum absolute atomic E-state index is 0.0550. The Balaban J connectivity index is 1.82. The average Bonchev–Trinajstić information content (AvgIpc) is 3.08. The van der Waals surface area contributed by atoms with Gasteiger partial charge in [-0.15, -0.1) is 0 Å². The lowest BCUT2D eigenvalue weighted by atomic mass is 9.93. The summed E-state index contributed by atoms with van der Waals surface area (Å²) in [6.07, 6.45) is 4.43. The monoisotopic (exact) mass is 498 g/mol. The largest absolute Gasteiger partial charge is 0.314 e. The molecule has 194 valence electrons. The Morgan fingerprint density at radius 2 is 1.46 bits per heavy atom. The van der Waals surface area contributed by atoms with Crippen molar-refractivity contribution in [2.45, 2.75) is 59.2 Å². The van der Waals surface area contributed by atoms with Gasteiger partial charge in [-0.25, -0.2) is 0 Å². The van der Waals surface area contributed by atoms with Gasteiger partial charge < -0.3 is 4.90 Å². The van der Waals surface area contributed by atoms with Crippen molar-refractivity contribution in [3.05, 3.63) is 105 Å². The molecule has 0 radical (unpaired) electrons. The van der Waals surface area contributed by atoms with Crippen LogP contribution in [0.3, 0.4) is 0 Å². The average molecular weight is 499 g/mol. The van der Waals surface area contributed by atoms with Gasteiger partial charge in [-0.2, -0.15) is 0 Å². The third-order valence-electron chi connectivity index (χ3n) is 8.11. The predicted octanol–water partition coefficient (Wildman–Crippen LogP) is 4.52. The van der Waals surface area contributed by atoms with Gasteiger partial charge in [0.05, 0.1) is 6.04 Å². The Hall–Kier alpha value is -3.38. The lowest BCUT2D eigenvalue weighted by Gasteiger charge is -2.51. The minimum atomic E-state index is -0.189. The highest BCUT2D eigenvalue weighted by Gasteiger charge is 2.43. The van der Waals surface area contributed by atoms with E-state index in [2.05, 4.69) is 79.2 Å². The van der Waals surface area contributed by atoms with Crippen LogP contribution in [0.1, 0.15) is 71.5 Å². The van der Waals surface area contributed by atoms with Crippen LogP contribution in [0.25, 0.3) is 0 Å². The second-order valence-electron chi connectivity index (χ2n) is 10.1. The molecule has 0 saturated heterocycles. The Bertz CT molecular complexity index is 1300. The number of hydrogen-bond acceptors (Lipinski definition) is 4. The van der Waals surface area contributed by atoms with Crippen molar-refractivity contribution in [3.63, 3.8) is 0 Å². The fourth-order valence-corrected chi connectivity index (χ4v) is 6.10. The maximum Gasteiger partial charge on any atom is 0.274 e. The molecule has 2 aliphatic rings. The molecule has 2 aromatic carbocycles. The molecule has 1 aliphatic heterocycles. The summed E-state index contributed by atoms with van der Waals surface area (Å²) in [7, 11) is 0. The van der Waals surface area contributed by atoms with Gasteiger partial charge in [-0.05, 0) is 61.5 Å². The molecule has 5 rings (SSSR count). The number of aromatic nitrogens is 1. The molecule has 1 unspecified atom stereocenters. The summed E-state index contributed by atoms with van der Waals surface area (Å²) in [5, 5.41) is 2.39. The molecule has 2 heterocycles. The van der Waals surface area contributed by atoms with Crippen LogP contribution in [-0.4, -0.2) is 52.7 Å². The molecule has 1 aliphatic carbocycles. The summed E-state index contributed by atoms with van der Waals surface area (Å²) in [5.74, 6) is -0.0550. The molecule has 6 heteroatoms. The number of aryl methyl sites for hydroxylation is 2. The van der Waals surface area contributed by atoms with Crippen LogP contribution >= 0.6 is 0 Å². The van der Waals surface area contributed by atoms with Gasteiger partial charge in [0.15, 0.2) is 5.43 Å². The Labute approximate surface area is 220 Å². The molecule has 1 atom stereocenters. The van der Waals surface area contributed by atoms with Crippen LogP contribution < -0.4 is 10.4 Å². The zero-order valence-electron chi connectivity index (χ0n) is 22.5. The van der Waals surface area contributed by atoms with E-state index in [9.17, 15) is 9.59 Å². The van der Waals surface area contributed by atoms with E-state index in [1.807, 2.05) is 15.8 Å². The molecule has 0 spiro atoms. The summed E-state index contributed by atoms with van der Waals surface area (Å²) in [6, 6.07) is 19.0. The van der Waals surface area contributed by atoms with E-state index in [0.717, 1.165) is 38.9 Å². The van der Waals surface area contributed by atoms with Gasteiger partial charge in [0.1, 0.15) is 11.9 Å². The standard InChI is InChI=1S/C31H38N4O2/c1-5-19-33-28(21-32(6-2)7-3)35(34-20-18-27(36)22(4)29(34)31(33)37)30-25-14-10-8-12-23(25)16-17-24-13-9-11-15-26(24)30/h8-15,18,20,28,30H,5-7,16-17,19,21H2,1-4H3.